The topological polar surface area (TPSA) is 42.0 Å². The van der Waals surface area contributed by atoms with Gasteiger partial charge in [0.2, 0.25) is 5.91 Å². The molecule has 23 heavy (non-hydrogen) atoms. The van der Waals surface area contributed by atoms with E-state index in [4.69, 9.17) is 0 Å². The highest BCUT2D eigenvalue weighted by Crippen LogP contribution is 2.32. The molecule has 5 heteroatoms. The average molecular weight is 342 g/mol. The van der Waals surface area contributed by atoms with Crippen LogP contribution in [0.15, 0.2) is 36.4 Å². The molecule has 118 valence electrons. The molecule has 0 radical (unpaired) electrons. The second-order valence-corrected chi connectivity index (χ2v) is 8.22. The van der Waals surface area contributed by atoms with Gasteiger partial charge in [-0.3, -0.25) is 4.79 Å². The van der Waals surface area contributed by atoms with Crippen LogP contribution >= 0.6 is 23.1 Å². The summed E-state index contributed by atoms with van der Waals surface area (Å²) < 4.78 is 1.12. The number of rotatable bonds is 3. The number of nitrogens with one attached hydrogen (secondary N) is 1. The number of thiazole rings is 1. The van der Waals surface area contributed by atoms with Crippen molar-refractivity contribution >= 4 is 55.1 Å². The number of hydrogen-bond donors (Lipinski definition) is 1. The fourth-order valence-corrected chi connectivity index (χ4v) is 5.20. The van der Waals surface area contributed by atoms with Gasteiger partial charge in [0.25, 0.3) is 0 Å². The van der Waals surface area contributed by atoms with Crippen molar-refractivity contribution < 1.29 is 4.79 Å². The molecule has 1 saturated heterocycles. The molecule has 1 N–H and O–H groups in total. The summed E-state index contributed by atoms with van der Waals surface area (Å²) in [5.74, 6) is 3.01. The highest BCUT2D eigenvalue weighted by molar-refractivity contribution is 7.99. The van der Waals surface area contributed by atoms with Crippen molar-refractivity contribution in [2.45, 2.75) is 19.3 Å². The average Bonchev–Trinajstić information content (AvgIpc) is 2.98. The molecule has 1 aromatic heterocycles. The first-order valence-electron chi connectivity index (χ1n) is 7.95. The maximum Gasteiger partial charge on any atom is 0.226 e. The minimum atomic E-state index is 0.102. The van der Waals surface area contributed by atoms with E-state index in [0.717, 1.165) is 28.4 Å². The first kappa shape index (κ1) is 15.0. The highest BCUT2D eigenvalue weighted by atomic mass is 32.2. The summed E-state index contributed by atoms with van der Waals surface area (Å²) in [6.07, 6.45) is 2.93. The van der Waals surface area contributed by atoms with Crippen molar-refractivity contribution in [3.63, 3.8) is 0 Å². The first-order valence-corrected chi connectivity index (χ1v) is 9.92. The SMILES string of the molecule is O=C(CC1CCSCC1)Nc1nc2c(ccc3ccccc32)s1. The quantitative estimate of drug-likeness (QED) is 0.734. The van der Waals surface area contributed by atoms with Crippen LogP contribution in [0.5, 0.6) is 0 Å². The molecule has 3 nitrogen and oxygen atoms in total. The number of nitrogens with zero attached hydrogens (tertiary/aromatic N) is 1. The lowest BCUT2D eigenvalue weighted by atomic mass is 9.99. The molecule has 4 rings (SSSR count). The van der Waals surface area contributed by atoms with Crippen LogP contribution in [0.1, 0.15) is 19.3 Å². The Kier molecular flexibility index (Phi) is 4.23. The van der Waals surface area contributed by atoms with Gasteiger partial charge in [0, 0.05) is 11.8 Å². The minimum Gasteiger partial charge on any atom is -0.302 e. The van der Waals surface area contributed by atoms with Gasteiger partial charge >= 0.3 is 0 Å². The van der Waals surface area contributed by atoms with Crippen molar-refractivity contribution in [3.05, 3.63) is 36.4 Å². The van der Waals surface area contributed by atoms with Crippen LogP contribution in [0.4, 0.5) is 5.13 Å². The zero-order valence-corrected chi connectivity index (χ0v) is 14.4. The number of carbonyl (C=O) groups is 1. The lowest BCUT2D eigenvalue weighted by molar-refractivity contribution is -0.117. The molecule has 1 fully saturated rings. The van der Waals surface area contributed by atoms with E-state index in [0.29, 0.717) is 17.5 Å². The lowest BCUT2D eigenvalue weighted by Crippen LogP contribution is -2.19. The second-order valence-electron chi connectivity index (χ2n) is 5.96. The third-order valence-corrected chi connectivity index (χ3v) is 6.33. The lowest BCUT2D eigenvalue weighted by Gasteiger charge is -2.20. The molecule has 1 aliphatic rings. The largest absolute Gasteiger partial charge is 0.302 e. The maximum absolute atomic E-state index is 12.3. The summed E-state index contributed by atoms with van der Waals surface area (Å²) in [5.41, 5.74) is 0.984. The minimum absolute atomic E-state index is 0.102. The monoisotopic (exact) mass is 342 g/mol. The molecule has 0 aliphatic carbocycles. The number of thioether (sulfide) groups is 1. The van der Waals surface area contributed by atoms with Crippen LogP contribution in [-0.2, 0) is 4.79 Å². The van der Waals surface area contributed by atoms with Gasteiger partial charge in [0.1, 0.15) is 0 Å². The van der Waals surface area contributed by atoms with Crippen LogP contribution in [-0.4, -0.2) is 22.4 Å². The number of hydrogen-bond acceptors (Lipinski definition) is 4. The standard InChI is InChI=1S/C18H18N2OS2/c21-16(11-12-7-9-22-10-8-12)19-18-20-17-14-4-2-1-3-13(14)5-6-15(17)23-18/h1-6,12H,7-11H2,(H,19,20,21). The number of benzene rings is 2. The van der Waals surface area contributed by atoms with Crippen LogP contribution in [0.3, 0.4) is 0 Å². The smallest absolute Gasteiger partial charge is 0.226 e. The molecular weight excluding hydrogens is 324 g/mol. The van der Waals surface area contributed by atoms with Gasteiger partial charge in [0.15, 0.2) is 5.13 Å². The molecule has 0 bridgehead atoms. The van der Waals surface area contributed by atoms with E-state index in [1.54, 1.807) is 11.3 Å². The maximum atomic E-state index is 12.3. The van der Waals surface area contributed by atoms with Gasteiger partial charge in [-0.1, -0.05) is 41.7 Å². The van der Waals surface area contributed by atoms with Crippen molar-refractivity contribution in [1.82, 2.24) is 4.98 Å². The van der Waals surface area contributed by atoms with Crippen molar-refractivity contribution in [3.8, 4) is 0 Å². The number of anilines is 1. The third kappa shape index (κ3) is 3.21. The summed E-state index contributed by atoms with van der Waals surface area (Å²) >= 11 is 3.55. The van der Waals surface area contributed by atoms with Crippen LogP contribution < -0.4 is 5.32 Å². The zero-order valence-electron chi connectivity index (χ0n) is 12.7. The van der Waals surface area contributed by atoms with Gasteiger partial charge < -0.3 is 5.32 Å². The fraction of sp³-hybridized carbons (Fsp3) is 0.333. The van der Waals surface area contributed by atoms with E-state index in [9.17, 15) is 4.79 Å². The van der Waals surface area contributed by atoms with Crippen molar-refractivity contribution in [2.24, 2.45) is 5.92 Å². The molecule has 0 spiro atoms. The van der Waals surface area contributed by atoms with E-state index in [1.807, 2.05) is 23.9 Å². The molecule has 0 saturated carbocycles. The van der Waals surface area contributed by atoms with Gasteiger partial charge in [-0.25, -0.2) is 4.98 Å². The molecule has 2 heterocycles. The van der Waals surface area contributed by atoms with Gasteiger partial charge in [0.05, 0.1) is 10.2 Å². The molecule has 3 aromatic rings. The second kappa shape index (κ2) is 6.49. The van der Waals surface area contributed by atoms with Crippen molar-refractivity contribution in [2.75, 3.05) is 16.8 Å². The van der Waals surface area contributed by atoms with Gasteiger partial charge in [-0.2, -0.15) is 11.8 Å². The number of amides is 1. The Morgan fingerprint density at radius 3 is 2.87 bits per heavy atom. The van der Waals surface area contributed by atoms with E-state index >= 15 is 0 Å². The van der Waals surface area contributed by atoms with E-state index in [2.05, 4.69) is 34.6 Å². The molecule has 0 atom stereocenters. The summed E-state index contributed by atoms with van der Waals surface area (Å²) in [6.45, 7) is 0. The Morgan fingerprint density at radius 1 is 1.17 bits per heavy atom. The molecule has 1 amide bonds. The Balaban J connectivity index is 1.54. The Morgan fingerprint density at radius 2 is 2.00 bits per heavy atom. The summed E-state index contributed by atoms with van der Waals surface area (Å²) in [4.78, 5) is 16.9. The van der Waals surface area contributed by atoms with Crippen LogP contribution in [0, 0.1) is 5.92 Å². The summed E-state index contributed by atoms with van der Waals surface area (Å²) in [6, 6.07) is 12.4. The summed E-state index contributed by atoms with van der Waals surface area (Å²) in [5, 5.41) is 6.05. The van der Waals surface area contributed by atoms with E-state index < -0.39 is 0 Å². The third-order valence-electron chi connectivity index (χ3n) is 4.34. The Bertz CT molecular complexity index is 852. The van der Waals surface area contributed by atoms with Gasteiger partial charge in [-0.05, 0) is 41.7 Å². The highest BCUT2D eigenvalue weighted by Gasteiger charge is 2.18. The van der Waals surface area contributed by atoms with Crippen molar-refractivity contribution in [1.29, 1.82) is 0 Å². The zero-order chi connectivity index (χ0) is 15.6. The Labute approximate surface area is 143 Å². The number of carbonyl (C=O) groups excluding carboxylic acids is 1. The predicted molar refractivity (Wildman–Crippen MR) is 100 cm³/mol. The Hall–Kier alpha value is -1.59. The molecule has 1 aliphatic heterocycles. The predicted octanol–water partition coefficient (Wildman–Crippen LogP) is 4.92. The molecular formula is C18H18N2OS2. The van der Waals surface area contributed by atoms with E-state index in [-0.39, 0.29) is 5.91 Å². The first-order chi connectivity index (χ1) is 11.3. The number of aromatic nitrogens is 1. The van der Waals surface area contributed by atoms with Crippen LogP contribution in [0.25, 0.3) is 21.0 Å². The van der Waals surface area contributed by atoms with E-state index in [1.165, 1.54) is 16.9 Å². The number of fused-ring (bicyclic) bond motifs is 3. The molecule has 0 unspecified atom stereocenters. The fourth-order valence-electron chi connectivity index (χ4n) is 3.10. The van der Waals surface area contributed by atoms with Gasteiger partial charge in [-0.15, -0.1) is 0 Å². The van der Waals surface area contributed by atoms with Crippen LogP contribution in [0.2, 0.25) is 0 Å². The normalized spacial score (nSPS) is 16.0. The molecule has 2 aromatic carbocycles. The summed E-state index contributed by atoms with van der Waals surface area (Å²) in [7, 11) is 0.